The van der Waals surface area contributed by atoms with Gasteiger partial charge < -0.3 is 20.1 Å². The van der Waals surface area contributed by atoms with E-state index in [0.29, 0.717) is 17.0 Å². The lowest BCUT2D eigenvalue weighted by atomic mass is 9.95. The van der Waals surface area contributed by atoms with Gasteiger partial charge in [0.2, 0.25) is 5.91 Å². The third kappa shape index (κ3) is 8.59. The Balaban J connectivity index is 0.801. The summed E-state index contributed by atoms with van der Waals surface area (Å²) < 4.78 is 1.92. The van der Waals surface area contributed by atoms with Crippen LogP contribution in [0.25, 0.3) is 22.0 Å². The summed E-state index contributed by atoms with van der Waals surface area (Å²) in [5.74, 6) is -0.391. The number of amides is 6. The Morgan fingerprint density at radius 3 is 2.32 bits per heavy atom. The monoisotopic (exact) mass is 881 g/mol. The summed E-state index contributed by atoms with van der Waals surface area (Å²) in [5, 5.41) is 12.4. The van der Waals surface area contributed by atoms with Gasteiger partial charge in [0.1, 0.15) is 5.82 Å². The maximum absolute atomic E-state index is 13.9. The number of imide groups is 2. The Bertz CT molecular complexity index is 2750. The normalized spacial score (nSPS) is 17.4. The van der Waals surface area contributed by atoms with E-state index in [1.54, 1.807) is 18.3 Å². The average molecular weight is 882 g/mol. The first-order chi connectivity index (χ1) is 31.4. The van der Waals surface area contributed by atoms with Crippen molar-refractivity contribution >= 4 is 52.1 Å². The van der Waals surface area contributed by atoms with Crippen LogP contribution in [0.5, 0.6) is 0 Å². The van der Waals surface area contributed by atoms with E-state index >= 15 is 0 Å². The fraction of sp³-hybridized carbons (Fsp3) is 0.417. The minimum absolute atomic E-state index is 0.0143. The lowest BCUT2D eigenvalue weighted by Gasteiger charge is -2.39. The van der Waals surface area contributed by atoms with Gasteiger partial charge in [-0.25, -0.2) is 14.8 Å². The highest BCUT2D eigenvalue weighted by Crippen LogP contribution is 2.33. The predicted molar refractivity (Wildman–Crippen MR) is 246 cm³/mol. The molecule has 2 aromatic carbocycles. The predicted octanol–water partition coefficient (Wildman–Crippen LogP) is 5.05. The summed E-state index contributed by atoms with van der Waals surface area (Å²) in [6, 6.07) is 14.6. The van der Waals surface area contributed by atoms with E-state index in [0.717, 1.165) is 126 Å². The van der Waals surface area contributed by atoms with Crippen LogP contribution in [0.15, 0.2) is 65.7 Å². The molecule has 17 heteroatoms. The van der Waals surface area contributed by atoms with E-state index in [2.05, 4.69) is 74.4 Å². The van der Waals surface area contributed by atoms with Crippen LogP contribution >= 0.6 is 0 Å². The Morgan fingerprint density at radius 2 is 1.62 bits per heavy atom. The van der Waals surface area contributed by atoms with Crippen molar-refractivity contribution in [1.29, 1.82) is 0 Å². The number of nitrogens with zero attached hydrogens (tertiary/aromatic N) is 8. The third-order valence-electron chi connectivity index (χ3n) is 13.2. The fourth-order valence-electron chi connectivity index (χ4n) is 9.67. The largest absolute Gasteiger partial charge is 0.371 e. The zero-order valence-corrected chi connectivity index (χ0v) is 37.4. The number of fused-ring (bicyclic) bond motifs is 2. The molecule has 0 saturated carbocycles. The molecule has 0 radical (unpaired) electrons. The molecule has 3 aromatic heterocycles. The van der Waals surface area contributed by atoms with Gasteiger partial charge in [0.15, 0.2) is 0 Å². The molecule has 5 aromatic rings. The molecular weight excluding hydrogens is 827 g/mol. The number of hydrogen-bond donors (Lipinski definition) is 3. The van der Waals surface area contributed by atoms with Crippen LogP contribution in [0.2, 0.25) is 0 Å². The number of H-pyrrole nitrogens is 1. The van der Waals surface area contributed by atoms with Gasteiger partial charge in [-0.3, -0.25) is 38.9 Å². The number of hydrogen-bond acceptors (Lipinski definition) is 11. The fourth-order valence-corrected chi connectivity index (χ4v) is 9.67. The first-order valence-electron chi connectivity index (χ1n) is 22.7. The Kier molecular flexibility index (Phi) is 12.0. The molecule has 0 aliphatic carbocycles. The third-order valence-corrected chi connectivity index (χ3v) is 13.2. The molecule has 3 N–H and O–H groups in total. The molecule has 0 spiro atoms. The van der Waals surface area contributed by atoms with Gasteiger partial charge in [-0.15, -0.1) is 0 Å². The number of anilines is 2. The molecule has 17 nitrogen and oxygen atoms in total. The maximum atomic E-state index is 13.9. The summed E-state index contributed by atoms with van der Waals surface area (Å²) in [5.41, 5.74) is 6.63. The molecule has 4 aliphatic heterocycles. The quantitative estimate of drug-likeness (QED) is 0.142. The Labute approximate surface area is 376 Å². The zero-order valence-electron chi connectivity index (χ0n) is 37.4. The lowest BCUT2D eigenvalue weighted by molar-refractivity contribution is -0.122. The van der Waals surface area contributed by atoms with Crippen LogP contribution in [0.4, 0.5) is 16.3 Å². The van der Waals surface area contributed by atoms with Crippen LogP contribution in [-0.4, -0.2) is 117 Å². The Morgan fingerprint density at radius 1 is 0.846 bits per heavy atom. The second kappa shape index (κ2) is 17.9. The number of benzene rings is 2. The van der Waals surface area contributed by atoms with Crippen LogP contribution < -0.4 is 26.0 Å². The molecule has 7 heterocycles. The molecule has 4 aliphatic rings. The molecule has 0 bridgehead atoms. The second-order valence-corrected chi connectivity index (χ2v) is 17.9. The average Bonchev–Trinajstić information content (AvgIpc) is 3.84. The molecule has 9 rings (SSSR count). The number of urea groups is 1. The summed E-state index contributed by atoms with van der Waals surface area (Å²) in [6.07, 6.45) is 7.27. The van der Waals surface area contributed by atoms with Gasteiger partial charge in [-0.2, -0.15) is 10.1 Å². The van der Waals surface area contributed by atoms with Crippen LogP contribution in [0.1, 0.15) is 100 Å². The van der Waals surface area contributed by atoms with Crippen molar-refractivity contribution in [1.82, 2.24) is 45.3 Å². The second-order valence-electron chi connectivity index (χ2n) is 17.9. The number of aromatic amines is 1. The number of nitrogens with one attached hydrogen (secondary N) is 3. The van der Waals surface area contributed by atoms with E-state index in [9.17, 15) is 28.8 Å². The summed E-state index contributed by atoms with van der Waals surface area (Å²) in [7, 11) is 0. The summed E-state index contributed by atoms with van der Waals surface area (Å²) in [6.45, 7) is 14.4. The van der Waals surface area contributed by atoms with E-state index in [4.69, 9.17) is 4.98 Å². The van der Waals surface area contributed by atoms with Crippen molar-refractivity contribution in [3.05, 3.63) is 105 Å². The van der Waals surface area contributed by atoms with Gasteiger partial charge in [0.25, 0.3) is 23.3 Å². The van der Waals surface area contributed by atoms with Crippen LogP contribution in [0, 0.1) is 12.8 Å². The Hall–Kier alpha value is -6.88. The van der Waals surface area contributed by atoms with Crippen molar-refractivity contribution < 1.29 is 24.0 Å². The molecule has 3 saturated heterocycles. The molecule has 0 atom stereocenters. The number of aromatic nitrogens is 4. The van der Waals surface area contributed by atoms with Gasteiger partial charge in [-0.05, 0) is 106 Å². The highest BCUT2D eigenvalue weighted by Gasteiger charge is 2.43. The standard InChI is InChI=1S/C48H55N11O6/c1-5-6-32-21-30(4)52-45(62)39(32)26-50-44(61)37-22-34(23-41-40(37)27-51-58(41)29(2)3)33-7-10-42(49-25-33)56-19-17-54(18-20-56)28-31-11-14-55(15-12-31)35-8-9-36-38(24-35)47(64)59(46(36)63)57-16-13-43(60)53-48(57)65/h7-10,21-25,27,29,31H,5-6,11-20,26,28H2,1-4H3,(H,50,61)(H,52,62)(H,53,60,65). The van der Waals surface area contributed by atoms with Crippen molar-refractivity contribution in [2.45, 2.75) is 72.4 Å². The minimum atomic E-state index is -0.775. The SMILES string of the molecule is CCCc1cc(C)[nH]c(=O)c1CNC(=O)c1cc(-c2ccc(N3CCN(CC4CCN(c5ccc6c(c5)C(=O)N(N5CCC(=O)NC5=O)C6=O)CC4)CC3)nc2)cc2c1cnn2C(C)C. The molecule has 6 amide bonds. The molecular formula is C48H55N11O6. The van der Waals surface area contributed by atoms with Crippen molar-refractivity contribution in [2.75, 3.05) is 62.2 Å². The highest BCUT2D eigenvalue weighted by atomic mass is 16.2. The van der Waals surface area contributed by atoms with Gasteiger partial charge in [0, 0.05) is 98.9 Å². The van der Waals surface area contributed by atoms with E-state index in [-0.39, 0.29) is 48.1 Å². The zero-order chi connectivity index (χ0) is 45.5. The number of piperidine rings is 1. The van der Waals surface area contributed by atoms with Gasteiger partial charge >= 0.3 is 6.03 Å². The number of carbonyl (C=O) groups is 5. The van der Waals surface area contributed by atoms with Crippen LogP contribution in [-0.2, 0) is 17.8 Å². The van der Waals surface area contributed by atoms with Crippen molar-refractivity contribution in [3.63, 3.8) is 0 Å². The van der Waals surface area contributed by atoms with Crippen molar-refractivity contribution in [2.24, 2.45) is 5.92 Å². The summed E-state index contributed by atoms with van der Waals surface area (Å²) >= 11 is 0. The van der Waals surface area contributed by atoms with Crippen LogP contribution in [0.3, 0.4) is 0 Å². The molecule has 338 valence electrons. The minimum Gasteiger partial charge on any atom is -0.371 e. The van der Waals surface area contributed by atoms with Gasteiger partial charge in [0.05, 0.1) is 34.9 Å². The molecule has 65 heavy (non-hydrogen) atoms. The smallest absolute Gasteiger partial charge is 0.343 e. The number of carbonyl (C=O) groups excluding carboxylic acids is 5. The van der Waals surface area contributed by atoms with E-state index in [1.165, 1.54) is 0 Å². The number of aryl methyl sites for hydroxylation is 2. The number of piperazine rings is 1. The van der Waals surface area contributed by atoms with Crippen molar-refractivity contribution in [3.8, 4) is 11.1 Å². The topological polar surface area (TPSA) is 189 Å². The highest BCUT2D eigenvalue weighted by molar-refractivity contribution is 6.22. The maximum Gasteiger partial charge on any atom is 0.343 e. The van der Waals surface area contributed by atoms with Gasteiger partial charge in [-0.1, -0.05) is 13.3 Å². The summed E-state index contributed by atoms with van der Waals surface area (Å²) in [4.78, 5) is 92.3. The molecule has 0 unspecified atom stereocenters. The lowest BCUT2D eigenvalue weighted by Crippen LogP contribution is -2.58. The number of hydrazine groups is 1. The number of pyridine rings is 2. The van der Waals surface area contributed by atoms with E-state index in [1.807, 2.05) is 36.0 Å². The van der Waals surface area contributed by atoms with E-state index < -0.39 is 23.8 Å². The molecule has 3 fully saturated rings. The first-order valence-corrected chi connectivity index (χ1v) is 22.7. The number of rotatable bonds is 12. The first kappa shape index (κ1) is 43.4.